The first-order valence-electron chi connectivity index (χ1n) is 7.93. The molecule has 132 valence electrons. The first-order valence-corrected chi connectivity index (χ1v) is 9.48. The standard InChI is InChI=1S/C18H17F2NO3S/c19-15-7-4-8-16(20)17(15)18(22)21-11-9-14(10-12-21)25(23,24)13-5-2-1-3-6-13/h1-8,14H,9-12H2. The SMILES string of the molecule is O=C(c1c(F)cccc1F)N1CCC(S(=O)(=O)c2ccccc2)CC1. The average Bonchev–Trinajstić information content (AvgIpc) is 2.62. The number of amides is 1. The Morgan fingerprint density at radius 1 is 0.920 bits per heavy atom. The summed E-state index contributed by atoms with van der Waals surface area (Å²) in [4.78, 5) is 13.9. The zero-order valence-electron chi connectivity index (χ0n) is 13.4. The third-order valence-electron chi connectivity index (χ3n) is 4.42. The number of rotatable bonds is 3. The van der Waals surface area contributed by atoms with E-state index < -0.39 is 38.2 Å². The van der Waals surface area contributed by atoms with Crippen LogP contribution in [0.15, 0.2) is 53.4 Å². The fraction of sp³-hybridized carbons (Fsp3) is 0.278. The Labute approximate surface area is 145 Å². The lowest BCUT2D eigenvalue weighted by atomic mass is 10.1. The molecule has 0 unspecified atom stereocenters. The number of carbonyl (C=O) groups is 1. The van der Waals surface area contributed by atoms with Crippen molar-refractivity contribution in [3.63, 3.8) is 0 Å². The summed E-state index contributed by atoms with van der Waals surface area (Å²) in [7, 11) is -3.48. The zero-order chi connectivity index (χ0) is 18.0. The number of likely N-dealkylation sites (tertiary alicyclic amines) is 1. The van der Waals surface area contributed by atoms with Crippen LogP contribution in [0.25, 0.3) is 0 Å². The van der Waals surface area contributed by atoms with Crippen LogP contribution >= 0.6 is 0 Å². The van der Waals surface area contributed by atoms with Crippen LogP contribution in [0.2, 0.25) is 0 Å². The molecular weight excluding hydrogens is 348 g/mol. The second kappa shape index (κ2) is 6.92. The van der Waals surface area contributed by atoms with Crippen LogP contribution in [-0.4, -0.2) is 37.6 Å². The fourth-order valence-electron chi connectivity index (χ4n) is 3.03. The molecule has 1 heterocycles. The van der Waals surface area contributed by atoms with E-state index in [0.717, 1.165) is 12.1 Å². The smallest absolute Gasteiger partial charge is 0.259 e. The van der Waals surface area contributed by atoms with E-state index in [0.29, 0.717) is 0 Å². The van der Waals surface area contributed by atoms with Crippen molar-refractivity contribution in [3.8, 4) is 0 Å². The van der Waals surface area contributed by atoms with Crippen molar-refractivity contribution in [1.29, 1.82) is 0 Å². The molecule has 2 aromatic rings. The average molecular weight is 365 g/mol. The molecule has 0 saturated carbocycles. The van der Waals surface area contributed by atoms with E-state index in [-0.39, 0.29) is 30.8 Å². The lowest BCUT2D eigenvalue weighted by Crippen LogP contribution is -2.43. The highest BCUT2D eigenvalue weighted by Gasteiger charge is 2.34. The highest BCUT2D eigenvalue weighted by atomic mass is 32.2. The van der Waals surface area contributed by atoms with Gasteiger partial charge in [-0.1, -0.05) is 24.3 Å². The normalized spacial score (nSPS) is 16.0. The maximum absolute atomic E-state index is 13.8. The molecule has 1 amide bonds. The van der Waals surface area contributed by atoms with E-state index in [9.17, 15) is 22.0 Å². The molecule has 1 aliphatic heterocycles. The quantitative estimate of drug-likeness (QED) is 0.840. The van der Waals surface area contributed by atoms with Crippen LogP contribution in [0.5, 0.6) is 0 Å². The van der Waals surface area contributed by atoms with E-state index in [1.807, 2.05) is 0 Å². The predicted octanol–water partition coefficient (Wildman–Crippen LogP) is 3.04. The fourth-order valence-corrected chi connectivity index (χ4v) is 4.78. The molecule has 1 aliphatic rings. The van der Waals surface area contributed by atoms with Crippen molar-refractivity contribution in [2.24, 2.45) is 0 Å². The van der Waals surface area contributed by atoms with Gasteiger partial charge in [0.25, 0.3) is 5.91 Å². The number of halogens is 2. The molecule has 2 aromatic carbocycles. The molecule has 0 aliphatic carbocycles. The second-order valence-corrected chi connectivity index (χ2v) is 8.17. The van der Waals surface area contributed by atoms with Gasteiger partial charge in [0, 0.05) is 13.1 Å². The summed E-state index contributed by atoms with van der Waals surface area (Å²) in [6.45, 7) is 0.284. The van der Waals surface area contributed by atoms with Gasteiger partial charge in [0.1, 0.15) is 17.2 Å². The van der Waals surface area contributed by atoms with E-state index >= 15 is 0 Å². The summed E-state index contributed by atoms with van der Waals surface area (Å²) in [5.41, 5.74) is -0.591. The minimum Gasteiger partial charge on any atom is -0.338 e. The first kappa shape index (κ1) is 17.5. The van der Waals surface area contributed by atoms with Crippen molar-refractivity contribution >= 4 is 15.7 Å². The molecule has 0 spiro atoms. The minimum atomic E-state index is -3.48. The maximum atomic E-state index is 13.8. The molecule has 7 heteroatoms. The second-order valence-electron chi connectivity index (χ2n) is 5.95. The Hall–Kier alpha value is -2.28. The number of hydrogen-bond donors (Lipinski definition) is 0. The van der Waals surface area contributed by atoms with Crippen LogP contribution in [0.4, 0.5) is 8.78 Å². The predicted molar refractivity (Wildman–Crippen MR) is 88.9 cm³/mol. The van der Waals surface area contributed by atoms with Gasteiger partial charge in [-0.2, -0.15) is 0 Å². The summed E-state index contributed by atoms with van der Waals surface area (Å²) in [5.74, 6) is -2.57. The van der Waals surface area contributed by atoms with E-state index in [2.05, 4.69) is 0 Å². The van der Waals surface area contributed by atoms with Crippen molar-refractivity contribution in [3.05, 3.63) is 65.7 Å². The van der Waals surface area contributed by atoms with Gasteiger partial charge in [0.05, 0.1) is 10.1 Å². The molecule has 3 rings (SSSR count). The van der Waals surface area contributed by atoms with Crippen LogP contribution < -0.4 is 0 Å². The summed E-state index contributed by atoms with van der Waals surface area (Å²) < 4.78 is 52.8. The van der Waals surface area contributed by atoms with Gasteiger partial charge in [-0.25, -0.2) is 17.2 Å². The van der Waals surface area contributed by atoms with Gasteiger partial charge in [-0.05, 0) is 37.1 Å². The first-order chi connectivity index (χ1) is 11.9. The van der Waals surface area contributed by atoms with Crippen molar-refractivity contribution in [2.75, 3.05) is 13.1 Å². The number of carbonyl (C=O) groups excluding carboxylic acids is 1. The molecule has 0 radical (unpaired) electrons. The van der Waals surface area contributed by atoms with E-state index in [4.69, 9.17) is 0 Å². The van der Waals surface area contributed by atoms with Gasteiger partial charge in [0.2, 0.25) is 0 Å². The molecule has 0 aromatic heterocycles. The maximum Gasteiger partial charge on any atom is 0.259 e. The number of nitrogens with zero attached hydrogens (tertiary/aromatic N) is 1. The molecule has 0 N–H and O–H groups in total. The Morgan fingerprint density at radius 2 is 1.48 bits per heavy atom. The number of benzene rings is 2. The molecule has 4 nitrogen and oxygen atoms in total. The lowest BCUT2D eigenvalue weighted by molar-refractivity contribution is 0.0715. The lowest BCUT2D eigenvalue weighted by Gasteiger charge is -2.32. The number of sulfone groups is 1. The van der Waals surface area contributed by atoms with Gasteiger partial charge in [-0.3, -0.25) is 4.79 Å². The Morgan fingerprint density at radius 3 is 2.04 bits per heavy atom. The Kier molecular flexibility index (Phi) is 4.85. The van der Waals surface area contributed by atoms with Crippen LogP contribution in [0.3, 0.4) is 0 Å². The van der Waals surface area contributed by atoms with Crippen molar-refractivity contribution in [2.45, 2.75) is 23.0 Å². The highest BCUT2D eigenvalue weighted by Crippen LogP contribution is 2.26. The number of hydrogen-bond acceptors (Lipinski definition) is 3. The summed E-state index contributed by atoms with van der Waals surface area (Å²) in [6, 6.07) is 11.4. The summed E-state index contributed by atoms with van der Waals surface area (Å²) in [5, 5.41) is -0.607. The highest BCUT2D eigenvalue weighted by molar-refractivity contribution is 7.92. The van der Waals surface area contributed by atoms with E-state index in [1.165, 1.54) is 11.0 Å². The minimum absolute atomic E-state index is 0.142. The Balaban J connectivity index is 1.73. The Bertz CT molecular complexity index is 856. The molecule has 1 saturated heterocycles. The van der Waals surface area contributed by atoms with Crippen molar-refractivity contribution in [1.82, 2.24) is 4.90 Å². The third-order valence-corrected chi connectivity index (χ3v) is 6.69. The topological polar surface area (TPSA) is 54.5 Å². The van der Waals surface area contributed by atoms with Gasteiger partial charge in [0.15, 0.2) is 9.84 Å². The van der Waals surface area contributed by atoms with Crippen LogP contribution in [0, 0.1) is 11.6 Å². The number of piperidine rings is 1. The largest absolute Gasteiger partial charge is 0.338 e. The van der Waals surface area contributed by atoms with Crippen molar-refractivity contribution < 1.29 is 22.0 Å². The van der Waals surface area contributed by atoms with Crippen LogP contribution in [-0.2, 0) is 9.84 Å². The molecule has 25 heavy (non-hydrogen) atoms. The zero-order valence-corrected chi connectivity index (χ0v) is 14.2. The monoisotopic (exact) mass is 365 g/mol. The molecule has 0 atom stereocenters. The van der Waals surface area contributed by atoms with E-state index in [1.54, 1.807) is 30.3 Å². The summed E-state index contributed by atoms with van der Waals surface area (Å²) >= 11 is 0. The molecule has 0 bridgehead atoms. The molecule has 1 fully saturated rings. The van der Waals surface area contributed by atoms with Gasteiger partial charge in [-0.15, -0.1) is 0 Å². The van der Waals surface area contributed by atoms with Gasteiger partial charge >= 0.3 is 0 Å². The van der Waals surface area contributed by atoms with Crippen LogP contribution in [0.1, 0.15) is 23.2 Å². The van der Waals surface area contributed by atoms with Gasteiger partial charge < -0.3 is 4.90 Å². The summed E-state index contributed by atoms with van der Waals surface area (Å²) in [6.07, 6.45) is 0.470. The molecular formula is C18H17F2NO3S. The third kappa shape index (κ3) is 3.42.